The van der Waals surface area contributed by atoms with Crippen LogP contribution >= 0.6 is 0 Å². The third-order valence-electron chi connectivity index (χ3n) is 5.05. The predicted octanol–water partition coefficient (Wildman–Crippen LogP) is 0.746. The highest BCUT2D eigenvalue weighted by atomic mass is 16.3. The first kappa shape index (κ1) is 20.8. The number of hydrogen-bond acceptors (Lipinski definition) is 7. The molecule has 3 rings (SSSR count). The first-order chi connectivity index (χ1) is 13.9. The molecule has 8 nitrogen and oxygen atoms in total. The van der Waals surface area contributed by atoms with Crippen LogP contribution in [0.4, 0.5) is 11.4 Å². The number of aliphatic hydroxyl groups excluding tert-OH is 1. The summed E-state index contributed by atoms with van der Waals surface area (Å²) in [6.45, 7) is 0.638. The molecule has 0 aliphatic heterocycles. The van der Waals surface area contributed by atoms with Crippen LogP contribution in [-0.4, -0.2) is 53.0 Å². The number of likely N-dealkylation sites (N-methyl/N-ethyl adjacent to an activating group) is 1. The van der Waals surface area contributed by atoms with Crippen LogP contribution in [0.1, 0.15) is 17.2 Å². The van der Waals surface area contributed by atoms with Crippen LogP contribution in [0.25, 0.3) is 0 Å². The summed E-state index contributed by atoms with van der Waals surface area (Å²) in [7, 11) is 5.74. The Labute approximate surface area is 169 Å². The maximum Gasteiger partial charge on any atom is 0.253 e. The van der Waals surface area contributed by atoms with Crippen LogP contribution in [-0.2, 0) is 13.5 Å². The second kappa shape index (κ2) is 9.02. The van der Waals surface area contributed by atoms with Gasteiger partial charge in [0.2, 0.25) is 0 Å². The number of rotatable bonds is 10. The van der Waals surface area contributed by atoms with Crippen molar-refractivity contribution in [2.24, 2.45) is 7.05 Å². The van der Waals surface area contributed by atoms with Gasteiger partial charge < -0.3 is 20.6 Å². The van der Waals surface area contributed by atoms with Crippen molar-refractivity contribution in [2.75, 3.05) is 37.8 Å². The summed E-state index contributed by atoms with van der Waals surface area (Å²) in [5, 5.41) is 20.3. The minimum absolute atomic E-state index is 0.117. The molecule has 0 bridgehead atoms. The van der Waals surface area contributed by atoms with Gasteiger partial charge in [-0.15, -0.1) is 0 Å². The Morgan fingerprint density at radius 3 is 2.24 bits per heavy atom. The summed E-state index contributed by atoms with van der Waals surface area (Å²) >= 11 is 0. The molecule has 2 atom stereocenters. The Morgan fingerprint density at radius 1 is 1.07 bits per heavy atom. The molecule has 0 amide bonds. The highest BCUT2D eigenvalue weighted by molar-refractivity contribution is 5.74. The molecule has 0 spiro atoms. The smallest absolute Gasteiger partial charge is 0.253 e. The van der Waals surface area contributed by atoms with Crippen molar-refractivity contribution in [1.29, 1.82) is 0 Å². The third-order valence-corrected chi connectivity index (χ3v) is 5.05. The van der Waals surface area contributed by atoms with E-state index in [0.29, 0.717) is 12.1 Å². The van der Waals surface area contributed by atoms with Gasteiger partial charge in [-0.25, -0.2) is 0 Å². The summed E-state index contributed by atoms with van der Waals surface area (Å²) < 4.78 is 1.59. The van der Waals surface area contributed by atoms with Gasteiger partial charge in [-0.05, 0) is 26.1 Å². The number of nitrogens with zero attached hydrogens (tertiary/aromatic N) is 3. The van der Waals surface area contributed by atoms with E-state index in [9.17, 15) is 14.7 Å². The van der Waals surface area contributed by atoms with E-state index in [0.717, 1.165) is 6.42 Å². The quantitative estimate of drug-likeness (QED) is 0.434. The van der Waals surface area contributed by atoms with Gasteiger partial charge >= 0.3 is 0 Å². The number of aryl methyl sites for hydroxylation is 1. The van der Waals surface area contributed by atoms with Crippen LogP contribution in [0, 0.1) is 0 Å². The van der Waals surface area contributed by atoms with Crippen LogP contribution in [0.15, 0.2) is 52.3 Å². The molecule has 29 heavy (non-hydrogen) atoms. The van der Waals surface area contributed by atoms with E-state index in [1.54, 1.807) is 24.1 Å². The average Bonchev–Trinajstić information content (AvgIpc) is 3.15. The van der Waals surface area contributed by atoms with Crippen molar-refractivity contribution < 1.29 is 5.11 Å². The van der Waals surface area contributed by atoms with Gasteiger partial charge in [0.15, 0.2) is 0 Å². The summed E-state index contributed by atoms with van der Waals surface area (Å²) in [5.74, 6) is 0. The summed E-state index contributed by atoms with van der Waals surface area (Å²) in [4.78, 5) is 26.1. The zero-order valence-electron chi connectivity index (χ0n) is 16.9. The Bertz CT molecular complexity index is 1010. The molecule has 0 radical (unpaired) electrons. The zero-order valence-corrected chi connectivity index (χ0v) is 16.9. The number of hydrogen-bond donors (Lipinski definition) is 3. The topological polar surface area (TPSA) is 99.5 Å². The molecular formula is C21H27N5O3. The maximum absolute atomic E-state index is 12.0. The summed E-state index contributed by atoms with van der Waals surface area (Å²) in [6.07, 6.45) is 3.27. The van der Waals surface area contributed by atoms with E-state index < -0.39 is 17.0 Å². The van der Waals surface area contributed by atoms with Crippen LogP contribution in [0.5, 0.6) is 0 Å². The largest absolute Gasteiger partial charge is 0.386 e. The molecule has 0 saturated heterocycles. The molecule has 1 aromatic heterocycles. The van der Waals surface area contributed by atoms with E-state index in [1.165, 1.54) is 5.56 Å². The van der Waals surface area contributed by atoms with E-state index in [2.05, 4.69) is 32.8 Å². The van der Waals surface area contributed by atoms with E-state index in [1.807, 2.05) is 32.3 Å². The molecule has 2 aromatic carbocycles. The number of aliphatic hydroxyl groups is 1. The number of benzene rings is 1. The van der Waals surface area contributed by atoms with Crippen molar-refractivity contribution in [3.05, 3.63) is 74.3 Å². The Morgan fingerprint density at radius 2 is 1.69 bits per heavy atom. The Hall–Kier alpha value is -2.97. The molecule has 3 aromatic rings. The molecule has 0 aliphatic rings. The molecule has 2 unspecified atom stereocenters. The maximum atomic E-state index is 12.0. The molecular weight excluding hydrogens is 370 g/mol. The highest BCUT2D eigenvalue weighted by Gasteiger charge is 2.23. The molecule has 0 fully saturated rings. The lowest BCUT2D eigenvalue weighted by molar-refractivity contribution is 0.191. The minimum atomic E-state index is -0.825. The SMILES string of the molecule is CN(C)C(CNc1c(NCC(O)c2cnn(C)c2)c(=O)c1=O)Cc1ccccc1. The fourth-order valence-electron chi connectivity index (χ4n) is 3.20. The highest BCUT2D eigenvalue weighted by Crippen LogP contribution is 2.18. The molecule has 0 saturated carbocycles. The second-order valence-corrected chi connectivity index (χ2v) is 7.44. The monoisotopic (exact) mass is 397 g/mol. The average molecular weight is 397 g/mol. The fourth-order valence-corrected chi connectivity index (χ4v) is 3.20. The van der Waals surface area contributed by atoms with Crippen LogP contribution < -0.4 is 21.5 Å². The van der Waals surface area contributed by atoms with Gasteiger partial charge in [0.05, 0.1) is 12.3 Å². The molecule has 8 heteroatoms. The second-order valence-electron chi connectivity index (χ2n) is 7.44. The first-order valence-corrected chi connectivity index (χ1v) is 9.54. The van der Waals surface area contributed by atoms with Crippen LogP contribution in [0.2, 0.25) is 0 Å². The summed E-state index contributed by atoms with van der Waals surface area (Å²) in [5.41, 5.74) is 1.28. The Balaban J connectivity index is 1.61. The third kappa shape index (κ3) is 4.90. The molecule has 0 aliphatic carbocycles. The Kier molecular flexibility index (Phi) is 6.46. The van der Waals surface area contributed by atoms with Crippen molar-refractivity contribution >= 4 is 11.4 Å². The fraction of sp³-hybridized carbons (Fsp3) is 0.381. The lowest BCUT2D eigenvalue weighted by Gasteiger charge is -2.26. The van der Waals surface area contributed by atoms with Gasteiger partial charge in [0, 0.05) is 37.9 Å². The molecule has 1 heterocycles. The van der Waals surface area contributed by atoms with Gasteiger partial charge in [-0.1, -0.05) is 30.3 Å². The van der Waals surface area contributed by atoms with Gasteiger partial charge in [-0.3, -0.25) is 14.3 Å². The zero-order chi connectivity index (χ0) is 21.0. The lowest BCUT2D eigenvalue weighted by Crippen LogP contribution is -2.42. The van der Waals surface area contributed by atoms with Crippen molar-refractivity contribution in [3.8, 4) is 0 Å². The van der Waals surface area contributed by atoms with Crippen molar-refractivity contribution in [2.45, 2.75) is 18.6 Å². The minimum Gasteiger partial charge on any atom is -0.386 e. The van der Waals surface area contributed by atoms with E-state index in [4.69, 9.17) is 0 Å². The lowest BCUT2D eigenvalue weighted by atomic mass is 10.0. The summed E-state index contributed by atoms with van der Waals surface area (Å²) in [6, 6.07) is 10.3. The van der Waals surface area contributed by atoms with Crippen molar-refractivity contribution in [1.82, 2.24) is 14.7 Å². The normalized spacial score (nSPS) is 13.6. The van der Waals surface area contributed by atoms with E-state index >= 15 is 0 Å². The number of aromatic nitrogens is 2. The standard InChI is InChI=1S/C21H27N5O3/c1-25(2)16(9-14-7-5-4-6-8-14)11-22-18-19(21(29)20(18)28)23-12-17(27)15-10-24-26(3)13-15/h4-8,10,13,16-17,22-23,27H,9,11-12H2,1-3H3. The van der Waals surface area contributed by atoms with Gasteiger partial charge in [0.25, 0.3) is 10.9 Å². The number of nitrogens with one attached hydrogen (secondary N) is 2. The number of anilines is 2. The van der Waals surface area contributed by atoms with Gasteiger partial charge in [0.1, 0.15) is 11.4 Å². The molecule has 3 N–H and O–H groups in total. The van der Waals surface area contributed by atoms with E-state index in [-0.39, 0.29) is 24.0 Å². The van der Waals surface area contributed by atoms with Crippen molar-refractivity contribution in [3.63, 3.8) is 0 Å². The van der Waals surface area contributed by atoms with Crippen LogP contribution in [0.3, 0.4) is 0 Å². The van der Waals surface area contributed by atoms with Gasteiger partial charge in [-0.2, -0.15) is 5.10 Å². The first-order valence-electron chi connectivity index (χ1n) is 9.54. The predicted molar refractivity (Wildman–Crippen MR) is 114 cm³/mol. The molecule has 154 valence electrons.